The molecule has 1 N–H and O–H groups in total. The highest BCUT2D eigenvalue weighted by atomic mass is 16.5. The largest absolute Gasteiger partial charge is 0.381 e. The smallest absolute Gasteiger partial charge is 0.0469 e. The lowest BCUT2D eigenvalue weighted by Gasteiger charge is -2.43. The van der Waals surface area contributed by atoms with Crippen LogP contribution in [0, 0.1) is 17.3 Å². The van der Waals surface area contributed by atoms with E-state index in [4.69, 9.17) is 4.74 Å². The normalized spacial score (nSPS) is 32.7. The highest BCUT2D eigenvalue weighted by molar-refractivity contribution is 4.89. The molecule has 20 heavy (non-hydrogen) atoms. The van der Waals surface area contributed by atoms with Gasteiger partial charge in [0.1, 0.15) is 0 Å². The second-order valence-electron chi connectivity index (χ2n) is 7.48. The fraction of sp³-hybridized carbons (Fsp3) is 1.00. The fourth-order valence-corrected chi connectivity index (χ4v) is 4.51. The second kappa shape index (κ2) is 7.77. The van der Waals surface area contributed by atoms with Crippen LogP contribution in [0.25, 0.3) is 0 Å². The van der Waals surface area contributed by atoms with Gasteiger partial charge in [0.25, 0.3) is 0 Å². The van der Waals surface area contributed by atoms with Crippen molar-refractivity contribution in [1.82, 2.24) is 10.2 Å². The molecule has 2 atom stereocenters. The zero-order chi connectivity index (χ0) is 14.4. The zero-order valence-corrected chi connectivity index (χ0v) is 13.8. The topological polar surface area (TPSA) is 24.5 Å². The predicted molar refractivity (Wildman–Crippen MR) is 85.0 cm³/mol. The van der Waals surface area contributed by atoms with Crippen LogP contribution >= 0.6 is 0 Å². The first-order valence-electron chi connectivity index (χ1n) is 8.54. The molecule has 1 heterocycles. The molecule has 2 unspecified atom stereocenters. The van der Waals surface area contributed by atoms with Gasteiger partial charge in [-0.05, 0) is 57.0 Å². The summed E-state index contributed by atoms with van der Waals surface area (Å²) in [6, 6.07) is 0. The molecule has 3 heteroatoms. The Morgan fingerprint density at radius 1 is 1.25 bits per heavy atom. The summed E-state index contributed by atoms with van der Waals surface area (Å²) in [5, 5.41) is 3.46. The lowest BCUT2D eigenvalue weighted by Crippen LogP contribution is -2.46. The number of nitrogens with one attached hydrogen (secondary N) is 1. The van der Waals surface area contributed by atoms with E-state index in [2.05, 4.69) is 31.2 Å². The van der Waals surface area contributed by atoms with Crippen LogP contribution in [0.15, 0.2) is 0 Å². The number of hydrogen-bond acceptors (Lipinski definition) is 3. The minimum absolute atomic E-state index is 0.506. The minimum Gasteiger partial charge on any atom is -0.381 e. The van der Waals surface area contributed by atoms with Crippen LogP contribution in [0.5, 0.6) is 0 Å². The van der Waals surface area contributed by atoms with Crippen molar-refractivity contribution in [3.63, 3.8) is 0 Å². The molecular formula is C17H34N2O. The molecule has 1 aliphatic heterocycles. The third-order valence-corrected chi connectivity index (χ3v) is 5.25. The Balaban J connectivity index is 1.86. The Hall–Kier alpha value is -0.120. The van der Waals surface area contributed by atoms with E-state index in [1.54, 1.807) is 0 Å². The maximum atomic E-state index is 5.48. The number of nitrogens with zero attached hydrogens (tertiary/aromatic N) is 1. The fourth-order valence-electron chi connectivity index (χ4n) is 4.51. The van der Waals surface area contributed by atoms with Crippen molar-refractivity contribution in [3.05, 3.63) is 0 Å². The first-order chi connectivity index (χ1) is 9.63. The standard InChI is InChI=1S/C17H34N2O/c1-15-5-4-8-17(11-15,13-18-2)14-19(3)12-16-6-9-20-10-7-16/h15-16,18H,4-14H2,1-3H3. The van der Waals surface area contributed by atoms with Crippen LogP contribution in [0.4, 0.5) is 0 Å². The first kappa shape index (κ1) is 16.3. The molecule has 1 aliphatic carbocycles. The summed E-state index contributed by atoms with van der Waals surface area (Å²) in [5.74, 6) is 1.75. The predicted octanol–water partition coefficient (Wildman–Crippen LogP) is 2.76. The molecule has 0 bridgehead atoms. The van der Waals surface area contributed by atoms with E-state index in [1.165, 1.54) is 58.2 Å². The van der Waals surface area contributed by atoms with Crippen molar-refractivity contribution in [2.24, 2.45) is 17.3 Å². The van der Waals surface area contributed by atoms with Gasteiger partial charge in [-0.2, -0.15) is 0 Å². The van der Waals surface area contributed by atoms with E-state index in [1.807, 2.05) is 0 Å². The quantitative estimate of drug-likeness (QED) is 0.811. The lowest BCUT2D eigenvalue weighted by molar-refractivity contribution is 0.0410. The maximum Gasteiger partial charge on any atom is 0.0469 e. The van der Waals surface area contributed by atoms with Gasteiger partial charge >= 0.3 is 0 Å². The number of hydrogen-bond donors (Lipinski definition) is 1. The van der Waals surface area contributed by atoms with Gasteiger partial charge in [-0.1, -0.05) is 19.8 Å². The van der Waals surface area contributed by atoms with Crippen molar-refractivity contribution in [1.29, 1.82) is 0 Å². The Labute approximate surface area is 125 Å². The van der Waals surface area contributed by atoms with E-state index >= 15 is 0 Å². The van der Waals surface area contributed by atoms with Gasteiger partial charge < -0.3 is 15.0 Å². The third-order valence-electron chi connectivity index (χ3n) is 5.25. The Kier molecular flexibility index (Phi) is 6.31. The Morgan fingerprint density at radius 3 is 2.65 bits per heavy atom. The van der Waals surface area contributed by atoms with Crippen LogP contribution in [0.1, 0.15) is 45.4 Å². The molecule has 1 saturated heterocycles. The van der Waals surface area contributed by atoms with Crippen molar-refractivity contribution in [2.75, 3.05) is 46.9 Å². The van der Waals surface area contributed by atoms with Crippen molar-refractivity contribution in [2.45, 2.75) is 45.4 Å². The van der Waals surface area contributed by atoms with Gasteiger partial charge in [0.15, 0.2) is 0 Å². The van der Waals surface area contributed by atoms with Crippen LogP contribution in [-0.4, -0.2) is 51.8 Å². The van der Waals surface area contributed by atoms with E-state index in [9.17, 15) is 0 Å². The highest BCUT2D eigenvalue weighted by Crippen LogP contribution is 2.39. The molecule has 0 radical (unpaired) electrons. The summed E-state index contributed by atoms with van der Waals surface area (Å²) in [6.07, 6.45) is 8.13. The van der Waals surface area contributed by atoms with Crippen LogP contribution < -0.4 is 5.32 Å². The Bertz CT molecular complexity index is 274. The van der Waals surface area contributed by atoms with Crippen LogP contribution in [0.2, 0.25) is 0 Å². The van der Waals surface area contributed by atoms with Gasteiger partial charge in [-0.3, -0.25) is 0 Å². The van der Waals surface area contributed by atoms with Gasteiger partial charge in [0.05, 0.1) is 0 Å². The molecule has 0 aromatic rings. The Morgan fingerprint density at radius 2 is 2.00 bits per heavy atom. The van der Waals surface area contributed by atoms with E-state index in [-0.39, 0.29) is 0 Å². The molecule has 0 aromatic carbocycles. The summed E-state index contributed by atoms with van der Waals surface area (Å²) in [5.41, 5.74) is 0.506. The molecule has 2 fully saturated rings. The first-order valence-corrected chi connectivity index (χ1v) is 8.54. The molecule has 1 saturated carbocycles. The van der Waals surface area contributed by atoms with Gasteiger partial charge in [0.2, 0.25) is 0 Å². The van der Waals surface area contributed by atoms with Crippen molar-refractivity contribution in [3.8, 4) is 0 Å². The summed E-state index contributed by atoms with van der Waals surface area (Å²) in [7, 11) is 4.44. The van der Waals surface area contributed by atoms with Gasteiger partial charge in [0, 0.05) is 32.8 Å². The molecular weight excluding hydrogens is 248 g/mol. The molecule has 2 rings (SSSR count). The molecule has 2 aliphatic rings. The maximum absolute atomic E-state index is 5.48. The average molecular weight is 282 g/mol. The molecule has 0 aromatic heterocycles. The third kappa shape index (κ3) is 4.71. The second-order valence-corrected chi connectivity index (χ2v) is 7.48. The average Bonchev–Trinajstić information content (AvgIpc) is 2.39. The zero-order valence-electron chi connectivity index (χ0n) is 13.8. The van der Waals surface area contributed by atoms with Crippen LogP contribution in [-0.2, 0) is 4.74 Å². The van der Waals surface area contributed by atoms with Gasteiger partial charge in [-0.15, -0.1) is 0 Å². The monoisotopic (exact) mass is 282 g/mol. The van der Waals surface area contributed by atoms with E-state index < -0.39 is 0 Å². The molecule has 0 spiro atoms. The molecule has 0 amide bonds. The van der Waals surface area contributed by atoms with E-state index in [0.29, 0.717) is 5.41 Å². The molecule has 3 nitrogen and oxygen atoms in total. The summed E-state index contributed by atoms with van der Waals surface area (Å²) < 4.78 is 5.48. The van der Waals surface area contributed by atoms with Crippen LogP contribution in [0.3, 0.4) is 0 Å². The number of ether oxygens (including phenoxy) is 1. The highest BCUT2D eigenvalue weighted by Gasteiger charge is 2.35. The summed E-state index contributed by atoms with van der Waals surface area (Å²) in [6.45, 7) is 8.06. The summed E-state index contributed by atoms with van der Waals surface area (Å²) >= 11 is 0. The van der Waals surface area contributed by atoms with Crippen molar-refractivity contribution < 1.29 is 4.74 Å². The number of rotatable bonds is 6. The minimum atomic E-state index is 0.506. The van der Waals surface area contributed by atoms with Gasteiger partial charge in [-0.25, -0.2) is 0 Å². The SMILES string of the molecule is CNCC1(CN(C)CC2CCOCC2)CCCC(C)C1. The summed E-state index contributed by atoms with van der Waals surface area (Å²) in [4.78, 5) is 2.60. The van der Waals surface area contributed by atoms with Crippen molar-refractivity contribution >= 4 is 0 Å². The lowest BCUT2D eigenvalue weighted by atomic mass is 9.69. The van der Waals surface area contributed by atoms with E-state index in [0.717, 1.165) is 25.0 Å². The molecule has 118 valence electrons.